The number of hydrogen-bond acceptors (Lipinski definition) is 6. The molecule has 1 heterocycles. The third-order valence-corrected chi connectivity index (χ3v) is 9.55. The molecule has 5 aliphatic rings. The predicted molar refractivity (Wildman–Crippen MR) is 115 cm³/mol. The van der Waals surface area contributed by atoms with E-state index in [2.05, 4.69) is 0 Å². The topological polar surface area (TPSA) is 98.9 Å². The fourth-order valence-corrected chi connectivity index (χ4v) is 8.04. The molecule has 0 aromatic rings. The molecule has 1 saturated heterocycles. The Balaban J connectivity index is 1.62. The van der Waals surface area contributed by atoms with Crippen LogP contribution in [0.2, 0.25) is 0 Å². The van der Waals surface area contributed by atoms with Gasteiger partial charge < -0.3 is 20.3 Å². The highest BCUT2D eigenvalue weighted by molar-refractivity contribution is 6.01. The van der Waals surface area contributed by atoms with Gasteiger partial charge in [0.1, 0.15) is 6.17 Å². The minimum atomic E-state index is -2.20. The molecule has 0 spiro atoms. The van der Waals surface area contributed by atoms with Crippen molar-refractivity contribution < 1.29 is 33.0 Å². The van der Waals surface area contributed by atoms with Crippen LogP contribution in [-0.2, 0) is 19.1 Å². The van der Waals surface area contributed by atoms with Crippen molar-refractivity contribution in [2.24, 2.45) is 28.4 Å². The predicted octanol–water partition coefficient (Wildman–Crippen LogP) is 2.72. The van der Waals surface area contributed by atoms with Gasteiger partial charge in [0.25, 0.3) is 0 Å². The summed E-state index contributed by atoms with van der Waals surface area (Å²) in [6.07, 6.45) is 1.15. The Kier molecular flexibility index (Phi) is 5.12. The lowest BCUT2D eigenvalue weighted by Gasteiger charge is -2.63. The molecule has 0 unspecified atom stereocenters. The second kappa shape index (κ2) is 7.26. The molecule has 10 atom stereocenters. The summed E-state index contributed by atoms with van der Waals surface area (Å²) in [6.45, 7) is 5.13. The van der Waals surface area contributed by atoms with Crippen LogP contribution >= 0.6 is 0 Å². The van der Waals surface area contributed by atoms with Gasteiger partial charge in [-0.3, -0.25) is 9.59 Å². The van der Waals surface area contributed by atoms with Gasteiger partial charge >= 0.3 is 0 Å². The minimum absolute atomic E-state index is 0.0449. The van der Waals surface area contributed by atoms with Crippen LogP contribution in [0.15, 0.2) is 23.8 Å². The summed E-state index contributed by atoms with van der Waals surface area (Å²) in [5.41, 5.74) is -0.130. The Bertz CT molecular complexity index is 953. The van der Waals surface area contributed by atoms with Crippen molar-refractivity contribution in [3.63, 3.8) is 0 Å². The first-order chi connectivity index (χ1) is 15.5. The van der Waals surface area contributed by atoms with Crippen LogP contribution in [0.3, 0.4) is 0 Å². The van der Waals surface area contributed by atoms with E-state index >= 15 is 8.78 Å². The highest BCUT2D eigenvalue weighted by Crippen LogP contribution is 2.72. The zero-order chi connectivity index (χ0) is 24.0. The molecule has 0 radical (unpaired) electrons. The van der Waals surface area contributed by atoms with Crippen molar-refractivity contribution in [1.82, 2.24) is 0 Å². The van der Waals surface area contributed by atoms with Gasteiger partial charge in [-0.2, -0.15) is 0 Å². The maximum absolute atomic E-state index is 17.2. The highest BCUT2D eigenvalue weighted by Gasteiger charge is 2.79. The van der Waals surface area contributed by atoms with Crippen LogP contribution in [0.4, 0.5) is 8.78 Å². The summed E-state index contributed by atoms with van der Waals surface area (Å²) in [5.74, 6) is -2.05. The van der Waals surface area contributed by atoms with Gasteiger partial charge in [0.05, 0.1) is 18.8 Å². The van der Waals surface area contributed by atoms with E-state index in [-0.39, 0.29) is 36.5 Å². The Hall–Kier alpha value is -1.48. The average molecular weight is 466 g/mol. The SMILES string of the molecule is CCC[C@H]1O[C@@H]2C[C@H]3[C@@H]4C[C@H](F)C5=CC(=O)C=C[C@]5(C)[C@@]4(F)[C@@H](O)C[C@]3(C)[C@]2(C(=O)CN)O1. The van der Waals surface area contributed by atoms with Crippen molar-refractivity contribution >= 4 is 11.6 Å². The third kappa shape index (κ3) is 2.61. The van der Waals surface area contributed by atoms with E-state index in [1.165, 1.54) is 18.2 Å². The summed E-state index contributed by atoms with van der Waals surface area (Å²) in [7, 11) is 0. The van der Waals surface area contributed by atoms with Crippen molar-refractivity contribution in [2.45, 2.75) is 88.8 Å². The summed E-state index contributed by atoms with van der Waals surface area (Å²) in [4.78, 5) is 25.3. The maximum Gasteiger partial charge on any atom is 0.181 e. The van der Waals surface area contributed by atoms with E-state index in [0.717, 1.165) is 6.42 Å². The first kappa shape index (κ1) is 23.3. The fourth-order valence-electron chi connectivity index (χ4n) is 8.04. The van der Waals surface area contributed by atoms with Gasteiger partial charge in [-0.05, 0) is 56.3 Å². The fraction of sp³-hybridized carbons (Fsp3) is 0.760. The van der Waals surface area contributed by atoms with E-state index in [1.54, 1.807) is 6.92 Å². The van der Waals surface area contributed by atoms with Gasteiger partial charge in [0.15, 0.2) is 29.1 Å². The highest BCUT2D eigenvalue weighted by atomic mass is 19.1. The molecule has 6 nitrogen and oxygen atoms in total. The van der Waals surface area contributed by atoms with Crippen molar-refractivity contribution in [1.29, 1.82) is 0 Å². The van der Waals surface area contributed by atoms with E-state index in [4.69, 9.17) is 15.2 Å². The van der Waals surface area contributed by atoms with Crippen LogP contribution < -0.4 is 5.73 Å². The number of carbonyl (C=O) groups excluding carboxylic acids is 2. The number of alkyl halides is 2. The zero-order valence-electron chi connectivity index (χ0n) is 19.4. The Morgan fingerprint density at radius 3 is 2.70 bits per heavy atom. The summed E-state index contributed by atoms with van der Waals surface area (Å²) in [6, 6.07) is 0. The third-order valence-electron chi connectivity index (χ3n) is 9.55. The summed E-state index contributed by atoms with van der Waals surface area (Å²) in [5, 5.41) is 11.4. The molecule has 3 N–H and O–H groups in total. The Morgan fingerprint density at radius 1 is 1.30 bits per heavy atom. The van der Waals surface area contributed by atoms with E-state index < -0.39 is 58.6 Å². The number of aliphatic hydroxyl groups excluding tert-OH is 1. The molecule has 33 heavy (non-hydrogen) atoms. The molecule has 0 aromatic heterocycles. The molecule has 3 saturated carbocycles. The number of nitrogens with two attached hydrogens (primary N) is 1. The molecular formula is C25H33F2NO5. The minimum Gasteiger partial charge on any atom is -0.390 e. The Labute approximate surface area is 192 Å². The van der Waals surface area contributed by atoms with Crippen molar-refractivity contribution in [3.05, 3.63) is 23.8 Å². The van der Waals surface area contributed by atoms with Crippen molar-refractivity contribution in [2.75, 3.05) is 6.54 Å². The standard InChI is InChI=1S/C25H33F2NO5/c1-4-5-21-32-20-10-14-15-9-17(26)16-8-13(29)6-7-22(16,2)24(15,27)18(30)11-23(14,3)25(20,33-21)19(31)12-28/h6-8,14-15,17-18,20-21,30H,4-5,9-12,28H2,1-3H3/t14-,15-,17-,18-,20+,21-,22-,23-,24-,25+/m0/s1. The lowest BCUT2D eigenvalue weighted by molar-refractivity contribution is -0.233. The maximum atomic E-state index is 17.2. The van der Waals surface area contributed by atoms with Crippen LogP contribution in [0.1, 0.15) is 52.9 Å². The molecule has 182 valence electrons. The molecule has 0 amide bonds. The summed E-state index contributed by atoms with van der Waals surface area (Å²) >= 11 is 0. The second-order valence-electron chi connectivity index (χ2n) is 10.9. The number of Topliss-reactive ketones (excluding diaryl/α,β-unsaturated/α-hetero) is 1. The number of hydrogen-bond donors (Lipinski definition) is 2. The lowest BCUT2D eigenvalue weighted by Crippen LogP contribution is -2.71. The smallest absolute Gasteiger partial charge is 0.181 e. The largest absolute Gasteiger partial charge is 0.390 e. The van der Waals surface area contributed by atoms with Crippen LogP contribution in [-0.4, -0.2) is 59.2 Å². The number of allylic oxidation sites excluding steroid dienone is 4. The molecule has 0 aromatic carbocycles. The van der Waals surface area contributed by atoms with Gasteiger partial charge in [0, 0.05) is 16.7 Å². The number of fused-ring (bicyclic) bond motifs is 7. The molecular weight excluding hydrogens is 432 g/mol. The number of rotatable bonds is 4. The summed E-state index contributed by atoms with van der Waals surface area (Å²) < 4.78 is 45.2. The van der Waals surface area contributed by atoms with Crippen LogP contribution in [0, 0.1) is 22.7 Å². The quantitative estimate of drug-likeness (QED) is 0.663. The van der Waals surface area contributed by atoms with Gasteiger partial charge in [-0.25, -0.2) is 8.78 Å². The number of halogens is 2. The normalized spacial score (nSPS) is 52.6. The van der Waals surface area contributed by atoms with E-state index in [1.807, 2.05) is 13.8 Å². The molecule has 8 heteroatoms. The first-order valence-corrected chi connectivity index (χ1v) is 12.0. The van der Waals surface area contributed by atoms with E-state index in [9.17, 15) is 14.7 Å². The molecule has 1 aliphatic heterocycles. The number of ether oxygens (including phenoxy) is 2. The second-order valence-corrected chi connectivity index (χ2v) is 10.9. The molecule has 0 bridgehead atoms. The van der Waals surface area contributed by atoms with Crippen LogP contribution in [0.5, 0.6) is 0 Å². The number of aliphatic hydroxyl groups is 1. The molecule has 5 rings (SSSR count). The lowest BCUT2D eigenvalue weighted by atomic mass is 9.44. The molecule has 4 fully saturated rings. The van der Waals surface area contributed by atoms with Gasteiger partial charge in [-0.1, -0.05) is 26.3 Å². The number of ketones is 2. The Morgan fingerprint density at radius 2 is 2.03 bits per heavy atom. The number of carbonyl (C=O) groups is 2. The first-order valence-electron chi connectivity index (χ1n) is 12.0. The monoisotopic (exact) mass is 465 g/mol. The average Bonchev–Trinajstić information content (AvgIpc) is 3.24. The van der Waals surface area contributed by atoms with E-state index in [0.29, 0.717) is 12.8 Å². The van der Waals surface area contributed by atoms with Gasteiger partial charge in [-0.15, -0.1) is 0 Å². The molecule has 4 aliphatic carbocycles. The van der Waals surface area contributed by atoms with Crippen LogP contribution in [0.25, 0.3) is 0 Å². The van der Waals surface area contributed by atoms with Gasteiger partial charge in [0.2, 0.25) is 0 Å². The zero-order valence-corrected chi connectivity index (χ0v) is 19.4. The van der Waals surface area contributed by atoms with Crippen molar-refractivity contribution in [3.8, 4) is 0 Å².